The molecule has 0 aromatic carbocycles. The summed E-state index contributed by atoms with van der Waals surface area (Å²) in [5.41, 5.74) is 5.78. The topological polar surface area (TPSA) is 153 Å². The van der Waals surface area contributed by atoms with E-state index >= 15 is 0 Å². The molecule has 1 aliphatic rings. The van der Waals surface area contributed by atoms with Crippen LogP contribution in [-0.4, -0.2) is 73.7 Å². The van der Waals surface area contributed by atoms with Gasteiger partial charge in [-0.1, -0.05) is 11.3 Å². The van der Waals surface area contributed by atoms with E-state index in [0.29, 0.717) is 17.8 Å². The molecule has 0 radical (unpaired) electrons. The number of aliphatic hydroxyl groups excluding tert-OH is 2. The molecular formula is C15H21N5O6S. The van der Waals surface area contributed by atoms with E-state index in [0.717, 1.165) is 15.9 Å². The maximum atomic E-state index is 12.3. The number of ether oxygens (including phenoxy) is 2. The molecule has 12 heteroatoms. The number of carbonyl (C=O) groups is 1. The van der Waals surface area contributed by atoms with Gasteiger partial charge in [0.15, 0.2) is 11.9 Å². The molecular weight excluding hydrogens is 378 g/mol. The zero-order chi connectivity index (χ0) is 19.7. The molecule has 0 saturated carbocycles. The first-order chi connectivity index (χ1) is 12.9. The van der Waals surface area contributed by atoms with Crippen molar-refractivity contribution in [3.63, 3.8) is 0 Å². The van der Waals surface area contributed by atoms with Gasteiger partial charge in [-0.3, -0.25) is 9.36 Å². The second kappa shape index (κ2) is 7.76. The van der Waals surface area contributed by atoms with Crippen molar-refractivity contribution in [2.45, 2.75) is 38.4 Å². The van der Waals surface area contributed by atoms with E-state index in [1.165, 1.54) is 11.1 Å². The number of aromatic nitrogens is 3. The standard InChI is InChI=1S/C15H21N5O6S/c1-3-19(4-2)14(23)25-6-7-9(21)10(22)12(26-7)20-11-8(27-15(20)24)5-17-13(16)18-11/h5,7,9-10,12,21-22H,3-4,6H2,1-2H3,(H2,16,17,18)/t7-,9+,10-,12-/m1/s1. The Morgan fingerprint density at radius 1 is 1.41 bits per heavy atom. The van der Waals surface area contributed by atoms with Gasteiger partial charge in [0.05, 0.1) is 10.9 Å². The van der Waals surface area contributed by atoms with E-state index in [-0.39, 0.29) is 18.2 Å². The Labute approximate surface area is 158 Å². The SMILES string of the molecule is CCN(CC)C(=O)OC[C@H]1O[C@@H](n2c(=O)sc3cnc(N)nc32)[C@H](O)[C@H]1O. The van der Waals surface area contributed by atoms with E-state index < -0.39 is 35.5 Å². The molecule has 0 unspecified atom stereocenters. The number of aliphatic hydroxyl groups is 2. The lowest BCUT2D eigenvalue weighted by atomic mass is 10.1. The minimum Gasteiger partial charge on any atom is -0.447 e. The van der Waals surface area contributed by atoms with E-state index in [1.807, 2.05) is 13.8 Å². The van der Waals surface area contributed by atoms with Crippen LogP contribution in [0, 0.1) is 0 Å². The lowest BCUT2D eigenvalue weighted by Crippen LogP contribution is -2.37. The molecule has 148 valence electrons. The van der Waals surface area contributed by atoms with Crippen molar-refractivity contribution in [3.8, 4) is 0 Å². The second-order valence-electron chi connectivity index (χ2n) is 5.95. The first kappa shape index (κ1) is 19.5. The molecule has 3 rings (SSSR count). The Morgan fingerprint density at radius 3 is 2.78 bits per heavy atom. The monoisotopic (exact) mass is 399 g/mol. The van der Waals surface area contributed by atoms with E-state index in [4.69, 9.17) is 15.2 Å². The van der Waals surface area contributed by atoms with E-state index in [1.54, 1.807) is 0 Å². The predicted molar refractivity (Wildman–Crippen MR) is 96.3 cm³/mol. The minimum absolute atomic E-state index is 0.0354. The number of nitrogens with two attached hydrogens (primary N) is 1. The van der Waals surface area contributed by atoms with Crippen molar-refractivity contribution in [1.82, 2.24) is 19.4 Å². The van der Waals surface area contributed by atoms with Gasteiger partial charge in [0, 0.05) is 13.1 Å². The van der Waals surface area contributed by atoms with Crippen LogP contribution in [0.1, 0.15) is 20.1 Å². The molecule has 27 heavy (non-hydrogen) atoms. The normalized spacial score (nSPS) is 25.0. The highest BCUT2D eigenvalue weighted by Crippen LogP contribution is 2.31. The summed E-state index contributed by atoms with van der Waals surface area (Å²) < 4.78 is 12.4. The van der Waals surface area contributed by atoms with Crippen LogP contribution in [-0.2, 0) is 9.47 Å². The van der Waals surface area contributed by atoms with Crippen LogP contribution in [0.4, 0.5) is 10.7 Å². The van der Waals surface area contributed by atoms with Crippen molar-refractivity contribution in [2.24, 2.45) is 0 Å². The Bertz CT molecular complexity index is 881. The van der Waals surface area contributed by atoms with Gasteiger partial charge in [0.25, 0.3) is 0 Å². The molecule has 4 N–H and O–H groups in total. The number of amides is 1. The summed E-state index contributed by atoms with van der Waals surface area (Å²) in [5.74, 6) is -0.0354. The fourth-order valence-corrected chi connectivity index (χ4v) is 3.70. The summed E-state index contributed by atoms with van der Waals surface area (Å²) >= 11 is 0.869. The van der Waals surface area contributed by atoms with Gasteiger partial charge in [0.2, 0.25) is 5.95 Å². The highest BCUT2D eigenvalue weighted by atomic mass is 32.1. The van der Waals surface area contributed by atoms with Gasteiger partial charge in [-0.2, -0.15) is 4.98 Å². The second-order valence-corrected chi connectivity index (χ2v) is 6.94. The average Bonchev–Trinajstić information content (AvgIpc) is 3.10. The van der Waals surface area contributed by atoms with Gasteiger partial charge in [-0.25, -0.2) is 9.78 Å². The molecule has 3 heterocycles. The molecule has 0 spiro atoms. The maximum absolute atomic E-state index is 12.3. The highest BCUT2D eigenvalue weighted by Gasteiger charge is 2.45. The Morgan fingerprint density at radius 2 is 2.11 bits per heavy atom. The smallest absolute Gasteiger partial charge is 0.409 e. The number of hydrogen-bond acceptors (Lipinski definition) is 10. The number of anilines is 1. The van der Waals surface area contributed by atoms with Crippen molar-refractivity contribution in [2.75, 3.05) is 25.4 Å². The third-order valence-corrected chi connectivity index (χ3v) is 5.24. The Kier molecular flexibility index (Phi) is 5.60. The van der Waals surface area contributed by atoms with Crippen LogP contribution >= 0.6 is 11.3 Å². The maximum Gasteiger partial charge on any atom is 0.409 e. The lowest BCUT2D eigenvalue weighted by Gasteiger charge is -2.20. The minimum atomic E-state index is -1.41. The first-order valence-electron chi connectivity index (χ1n) is 8.44. The number of hydrogen-bond donors (Lipinski definition) is 3. The largest absolute Gasteiger partial charge is 0.447 e. The van der Waals surface area contributed by atoms with Gasteiger partial charge in [-0.15, -0.1) is 0 Å². The number of nitrogens with zero attached hydrogens (tertiary/aromatic N) is 4. The van der Waals surface area contributed by atoms with E-state index in [9.17, 15) is 19.8 Å². The molecule has 4 atom stereocenters. The molecule has 0 bridgehead atoms. The molecule has 1 amide bonds. The molecule has 1 saturated heterocycles. The quantitative estimate of drug-likeness (QED) is 0.605. The van der Waals surface area contributed by atoms with Crippen LogP contribution in [0.5, 0.6) is 0 Å². The first-order valence-corrected chi connectivity index (χ1v) is 9.25. The summed E-state index contributed by atoms with van der Waals surface area (Å²) in [6, 6.07) is 0. The van der Waals surface area contributed by atoms with E-state index in [2.05, 4.69) is 9.97 Å². The average molecular weight is 399 g/mol. The van der Waals surface area contributed by atoms with Gasteiger partial charge >= 0.3 is 11.0 Å². The van der Waals surface area contributed by atoms with Crippen LogP contribution in [0.2, 0.25) is 0 Å². The summed E-state index contributed by atoms with van der Waals surface area (Å²) in [6.07, 6.45) is -4.08. The molecule has 11 nitrogen and oxygen atoms in total. The van der Waals surface area contributed by atoms with Crippen LogP contribution in [0.3, 0.4) is 0 Å². The number of nitrogen functional groups attached to an aromatic ring is 1. The summed E-state index contributed by atoms with van der Waals surface area (Å²) in [4.78, 5) is 33.2. The van der Waals surface area contributed by atoms with Gasteiger partial charge < -0.3 is 30.3 Å². The highest BCUT2D eigenvalue weighted by molar-refractivity contribution is 7.16. The van der Waals surface area contributed by atoms with Crippen molar-refractivity contribution in [3.05, 3.63) is 15.9 Å². The number of thiazole rings is 1. The third-order valence-electron chi connectivity index (χ3n) is 4.36. The molecule has 1 aliphatic heterocycles. The van der Waals surface area contributed by atoms with Crippen molar-refractivity contribution < 1.29 is 24.5 Å². The third kappa shape index (κ3) is 3.60. The van der Waals surface area contributed by atoms with Gasteiger partial charge in [-0.05, 0) is 13.8 Å². The van der Waals surface area contributed by atoms with Crippen LogP contribution in [0.15, 0.2) is 11.0 Å². The predicted octanol–water partition coefficient (Wildman–Crippen LogP) is -0.467. The van der Waals surface area contributed by atoms with Gasteiger partial charge in [0.1, 0.15) is 24.9 Å². The zero-order valence-electron chi connectivity index (χ0n) is 14.8. The van der Waals surface area contributed by atoms with Crippen LogP contribution < -0.4 is 10.6 Å². The summed E-state index contributed by atoms with van der Waals surface area (Å²) in [7, 11) is 0. The van der Waals surface area contributed by atoms with Crippen molar-refractivity contribution in [1.29, 1.82) is 0 Å². The van der Waals surface area contributed by atoms with Crippen molar-refractivity contribution >= 4 is 33.7 Å². The molecule has 2 aromatic rings. The molecule has 1 fully saturated rings. The lowest BCUT2D eigenvalue weighted by molar-refractivity contribution is -0.0566. The summed E-state index contributed by atoms with van der Waals surface area (Å²) in [6.45, 7) is 4.32. The molecule has 2 aromatic heterocycles. The Balaban J connectivity index is 1.80. The Hall–Kier alpha value is -2.28. The number of rotatable bonds is 5. The number of carbonyl (C=O) groups excluding carboxylic acids is 1. The fourth-order valence-electron chi connectivity index (χ4n) is 2.88. The molecule has 0 aliphatic carbocycles. The van der Waals surface area contributed by atoms with Crippen LogP contribution in [0.25, 0.3) is 10.3 Å². The number of fused-ring (bicyclic) bond motifs is 1. The fraction of sp³-hybridized carbons (Fsp3) is 0.600. The zero-order valence-corrected chi connectivity index (χ0v) is 15.6. The summed E-state index contributed by atoms with van der Waals surface area (Å²) in [5, 5.41) is 20.6.